The molecule has 0 bridgehead atoms. The zero-order valence-electron chi connectivity index (χ0n) is 39.1. The van der Waals surface area contributed by atoms with E-state index in [4.69, 9.17) is 0 Å². The molecule has 0 aromatic rings. The first-order chi connectivity index (χ1) is 30.2. The second-order valence-corrected chi connectivity index (χ2v) is 15.8. The summed E-state index contributed by atoms with van der Waals surface area (Å²) in [4.78, 5) is 12.4. The number of carbonyl (C=O) groups excluding carboxylic acids is 1. The summed E-state index contributed by atoms with van der Waals surface area (Å²) < 4.78 is 0. The minimum absolute atomic E-state index is 0.0978. The van der Waals surface area contributed by atoms with Crippen LogP contribution in [0.5, 0.6) is 0 Å². The van der Waals surface area contributed by atoms with E-state index in [0.717, 1.165) is 109 Å². The van der Waals surface area contributed by atoms with Crippen LogP contribution in [0.3, 0.4) is 0 Å². The van der Waals surface area contributed by atoms with Crippen molar-refractivity contribution in [3.05, 3.63) is 146 Å². The van der Waals surface area contributed by atoms with Gasteiger partial charge in [0.25, 0.3) is 0 Å². The molecule has 0 rings (SSSR count). The molecule has 0 aliphatic heterocycles. The SMILES string of the molecule is CC/C=C\C/C=C\C/C=C\C/C=C\C/C=C\C/C=C\C/C=C\C/C=C\C/C=C\CCCCCCCCCC(=O)NC(CO)C(O)/C=C/CC/C=C/CC/C=C/CCCCCC. The second kappa shape index (κ2) is 50.6. The van der Waals surface area contributed by atoms with Gasteiger partial charge in [0, 0.05) is 6.42 Å². The lowest BCUT2D eigenvalue weighted by molar-refractivity contribution is -0.123. The van der Waals surface area contributed by atoms with Gasteiger partial charge >= 0.3 is 0 Å². The largest absolute Gasteiger partial charge is 0.394 e. The molecule has 0 radical (unpaired) electrons. The van der Waals surface area contributed by atoms with E-state index < -0.39 is 12.1 Å². The summed E-state index contributed by atoms with van der Waals surface area (Å²) in [6.07, 6.45) is 81.1. The maximum absolute atomic E-state index is 12.4. The molecule has 0 fully saturated rings. The van der Waals surface area contributed by atoms with Gasteiger partial charge in [-0.3, -0.25) is 4.79 Å². The second-order valence-electron chi connectivity index (χ2n) is 15.8. The van der Waals surface area contributed by atoms with Crippen LogP contribution in [0.4, 0.5) is 0 Å². The first-order valence-corrected chi connectivity index (χ1v) is 24.5. The third kappa shape index (κ3) is 47.2. The fourth-order valence-corrected chi connectivity index (χ4v) is 6.32. The van der Waals surface area contributed by atoms with Crippen molar-refractivity contribution in [1.29, 1.82) is 0 Å². The van der Waals surface area contributed by atoms with E-state index in [-0.39, 0.29) is 12.5 Å². The molecule has 1 amide bonds. The third-order valence-electron chi connectivity index (χ3n) is 10.0. The van der Waals surface area contributed by atoms with Gasteiger partial charge in [-0.15, -0.1) is 0 Å². The third-order valence-corrected chi connectivity index (χ3v) is 10.0. The van der Waals surface area contributed by atoms with Crippen molar-refractivity contribution in [3.8, 4) is 0 Å². The smallest absolute Gasteiger partial charge is 0.220 e. The maximum Gasteiger partial charge on any atom is 0.220 e. The summed E-state index contributed by atoms with van der Waals surface area (Å²) in [7, 11) is 0. The highest BCUT2D eigenvalue weighted by molar-refractivity contribution is 5.76. The highest BCUT2D eigenvalue weighted by atomic mass is 16.3. The van der Waals surface area contributed by atoms with Crippen molar-refractivity contribution >= 4 is 5.91 Å². The Kier molecular flexibility index (Phi) is 47.5. The first kappa shape index (κ1) is 57.3. The molecule has 0 saturated carbocycles. The molecule has 61 heavy (non-hydrogen) atoms. The molecule has 2 unspecified atom stereocenters. The molecule has 0 aromatic carbocycles. The van der Waals surface area contributed by atoms with Crippen molar-refractivity contribution < 1.29 is 15.0 Å². The number of allylic oxidation sites excluding steroid dienone is 23. The number of nitrogens with one attached hydrogen (secondary N) is 1. The Hall–Kier alpha value is -3.73. The van der Waals surface area contributed by atoms with Crippen LogP contribution in [0, 0.1) is 0 Å². The summed E-state index contributed by atoms with van der Waals surface area (Å²) in [5.74, 6) is -0.0978. The Balaban J connectivity index is 3.71. The van der Waals surface area contributed by atoms with Crippen LogP contribution in [0.2, 0.25) is 0 Å². The number of hydrogen-bond acceptors (Lipinski definition) is 3. The fraction of sp³-hybridized carbons (Fsp3) is 0.561. The Morgan fingerprint density at radius 1 is 0.410 bits per heavy atom. The highest BCUT2D eigenvalue weighted by Crippen LogP contribution is 2.11. The summed E-state index contributed by atoms with van der Waals surface area (Å²) in [6.45, 7) is 4.13. The number of hydrogen-bond donors (Lipinski definition) is 3. The lowest BCUT2D eigenvalue weighted by Crippen LogP contribution is -2.45. The summed E-state index contributed by atoms with van der Waals surface area (Å²) >= 11 is 0. The van der Waals surface area contributed by atoms with Gasteiger partial charge < -0.3 is 15.5 Å². The van der Waals surface area contributed by atoms with Gasteiger partial charge in [0.15, 0.2) is 0 Å². The van der Waals surface area contributed by atoms with Crippen LogP contribution >= 0.6 is 0 Å². The quantitative estimate of drug-likeness (QED) is 0.0424. The normalized spacial score (nSPS) is 14.2. The molecule has 0 heterocycles. The maximum atomic E-state index is 12.4. The van der Waals surface area contributed by atoms with Crippen molar-refractivity contribution in [2.45, 2.75) is 199 Å². The summed E-state index contributed by atoms with van der Waals surface area (Å²) in [5, 5.41) is 23.0. The first-order valence-electron chi connectivity index (χ1n) is 24.5. The number of amides is 1. The van der Waals surface area contributed by atoms with Crippen LogP contribution in [0.25, 0.3) is 0 Å². The van der Waals surface area contributed by atoms with Crippen molar-refractivity contribution in [2.24, 2.45) is 0 Å². The van der Waals surface area contributed by atoms with E-state index in [1.807, 2.05) is 6.08 Å². The van der Waals surface area contributed by atoms with Crippen molar-refractivity contribution in [2.75, 3.05) is 6.61 Å². The molecule has 3 N–H and O–H groups in total. The zero-order chi connectivity index (χ0) is 44.2. The average Bonchev–Trinajstić information content (AvgIpc) is 3.26. The van der Waals surface area contributed by atoms with Crippen LogP contribution in [0.15, 0.2) is 146 Å². The number of aliphatic hydroxyl groups excluding tert-OH is 2. The number of unbranched alkanes of at least 4 members (excludes halogenated alkanes) is 13. The van der Waals surface area contributed by atoms with Crippen LogP contribution in [0.1, 0.15) is 187 Å². The van der Waals surface area contributed by atoms with Crippen molar-refractivity contribution in [3.63, 3.8) is 0 Å². The zero-order valence-corrected chi connectivity index (χ0v) is 39.1. The molecule has 0 aliphatic carbocycles. The minimum Gasteiger partial charge on any atom is -0.394 e. The lowest BCUT2D eigenvalue weighted by Gasteiger charge is -2.19. The molecule has 0 spiro atoms. The van der Waals surface area contributed by atoms with E-state index in [9.17, 15) is 15.0 Å². The van der Waals surface area contributed by atoms with E-state index >= 15 is 0 Å². The molecule has 342 valence electrons. The monoisotopic (exact) mass is 838 g/mol. The van der Waals surface area contributed by atoms with Gasteiger partial charge in [0.2, 0.25) is 5.91 Å². The molecular weight excluding hydrogens is 747 g/mol. The standard InChI is InChI=1S/C57H91NO3/c1-3-5-7-9-11-13-15-17-19-20-21-22-23-24-25-26-27-28-29-30-31-32-33-34-35-36-37-38-39-41-43-45-47-49-51-53-57(61)58-55(54-59)56(60)52-50-48-46-44-42-40-18-16-14-12-10-8-6-4-2/h5,7,11,13-14,16-17,19,21-22,24-25,27-28,30-31,33-34,36-37,42,44,50,52,55-56,59-60H,3-4,6,8-10,12,15,18,20,23,26,29,32,35,38-41,43,45-49,51,53-54H2,1-2H3,(H,58,61)/b7-5-,13-11-,16-14+,19-17-,22-21-,25-24-,28-27-,31-30-,34-33-,37-36-,44-42+,52-50+. The summed E-state index contributed by atoms with van der Waals surface area (Å²) in [5.41, 5.74) is 0. The Morgan fingerprint density at radius 3 is 1.15 bits per heavy atom. The fourth-order valence-electron chi connectivity index (χ4n) is 6.32. The van der Waals surface area contributed by atoms with E-state index in [1.54, 1.807) is 6.08 Å². The molecular formula is C57H91NO3. The van der Waals surface area contributed by atoms with Gasteiger partial charge in [-0.25, -0.2) is 0 Å². The number of carbonyl (C=O) groups is 1. The Morgan fingerprint density at radius 2 is 0.738 bits per heavy atom. The van der Waals surface area contributed by atoms with Gasteiger partial charge in [-0.2, -0.15) is 0 Å². The summed E-state index contributed by atoms with van der Waals surface area (Å²) in [6, 6.07) is -0.662. The molecule has 2 atom stereocenters. The van der Waals surface area contributed by atoms with E-state index in [2.05, 4.69) is 153 Å². The predicted molar refractivity (Wildman–Crippen MR) is 271 cm³/mol. The van der Waals surface area contributed by atoms with Gasteiger partial charge in [0.05, 0.1) is 18.8 Å². The van der Waals surface area contributed by atoms with Gasteiger partial charge in [-0.1, -0.05) is 211 Å². The van der Waals surface area contributed by atoms with Gasteiger partial charge in [-0.05, 0) is 116 Å². The lowest BCUT2D eigenvalue weighted by atomic mass is 10.1. The molecule has 4 heteroatoms. The topological polar surface area (TPSA) is 69.6 Å². The van der Waals surface area contributed by atoms with E-state index in [0.29, 0.717) is 6.42 Å². The average molecular weight is 838 g/mol. The van der Waals surface area contributed by atoms with E-state index in [1.165, 1.54) is 57.8 Å². The van der Waals surface area contributed by atoms with Crippen LogP contribution in [-0.2, 0) is 4.79 Å². The number of rotatable bonds is 42. The molecule has 0 saturated heterocycles. The molecule has 0 aliphatic rings. The van der Waals surface area contributed by atoms with Gasteiger partial charge in [0.1, 0.15) is 0 Å². The number of aliphatic hydroxyl groups is 2. The highest BCUT2D eigenvalue weighted by Gasteiger charge is 2.17. The predicted octanol–water partition coefficient (Wildman–Crippen LogP) is 16.1. The molecule has 4 nitrogen and oxygen atoms in total. The Bertz CT molecular complexity index is 1320. The Labute approximate surface area is 376 Å². The van der Waals surface area contributed by atoms with Crippen LogP contribution < -0.4 is 5.32 Å². The van der Waals surface area contributed by atoms with Crippen LogP contribution in [-0.4, -0.2) is 34.9 Å². The van der Waals surface area contributed by atoms with Crippen molar-refractivity contribution in [1.82, 2.24) is 5.32 Å². The minimum atomic E-state index is -0.885. The molecule has 0 aromatic heterocycles.